The highest BCUT2D eigenvalue weighted by molar-refractivity contribution is 6.32. The first-order valence-corrected chi connectivity index (χ1v) is 9.91. The lowest BCUT2D eigenvalue weighted by atomic mass is 10.1. The van der Waals surface area contributed by atoms with Crippen molar-refractivity contribution in [3.05, 3.63) is 59.1 Å². The Balaban J connectivity index is 2.14. The Morgan fingerprint density at radius 2 is 1.83 bits per heavy atom. The Hall–Kier alpha value is -2.73. The zero-order valence-electron chi connectivity index (χ0n) is 17.0. The van der Waals surface area contributed by atoms with Gasteiger partial charge in [-0.05, 0) is 43.2 Å². The van der Waals surface area contributed by atoms with Crippen LogP contribution in [0.15, 0.2) is 48.5 Å². The first-order chi connectivity index (χ1) is 14.0. The quantitative estimate of drug-likeness (QED) is 0.639. The van der Waals surface area contributed by atoms with Crippen molar-refractivity contribution in [2.24, 2.45) is 0 Å². The topological polar surface area (TPSA) is 67.9 Å². The number of nitrogens with zero attached hydrogens (tertiary/aromatic N) is 1. The van der Waals surface area contributed by atoms with Crippen LogP contribution in [-0.2, 0) is 16.1 Å². The predicted molar refractivity (Wildman–Crippen MR) is 113 cm³/mol. The van der Waals surface area contributed by atoms with Crippen LogP contribution < -0.4 is 14.8 Å². The van der Waals surface area contributed by atoms with Gasteiger partial charge in [-0.3, -0.25) is 9.59 Å². The van der Waals surface area contributed by atoms with Crippen LogP contribution in [0, 0.1) is 0 Å². The zero-order chi connectivity index (χ0) is 21.2. The van der Waals surface area contributed by atoms with Crippen molar-refractivity contribution in [2.45, 2.75) is 32.9 Å². The molecule has 0 aliphatic carbocycles. The number of carbonyl (C=O) groups is 2. The first kappa shape index (κ1) is 22.6. The highest BCUT2D eigenvalue weighted by Gasteiger charge is 2.26. The molecular weight excluding hydrogens is 392 g/mol. The molecule has 2 amide bonds. The maximum absolute atomic E-state index is 12.9. The van der Waals surface area contributed by atoms with E-state index in [0.717, 1.165) is 17.7 Å². The van der Waals surface area contributed by atoms with Crippen LogP contribution in [0.1, 0.15) is 25.8 Å². The van der Waals surface area contributed by atoms with Gasteiger partial charge in [-0.2, -0.15) is 0 Å². The minimum absolute atomic E-state index is 0.202. The van der Waals surface area contributed by atoms with Crippen molar-refractivity contribution in [3.63, 3.8) is 0 Å². The molecule has 0 heterocycles. The largest absolute Gasteiger partial charge is 0.497 e. The van der Waals surface area contributed by atoms with Gasteiger partial charge < -0.3 is 19.7 Å². The van der Waals surface area contributed by atoms with Crippen molar-refractivity contribution in [3.8, 4) is 11.5 Å². The van der Waals surface area contributed by atoms with Gasteiger partial charge in [-0.15, -0.1) is 0 Å². The first-order valence-electron chi connectivity index (χ1n) is 9.53. The molecule has 1 atom stereocenters. The average Bonchev–Trinajstić information content (AvgIpc) is 2.75. The number of ether oxygens (including phenoxy) is 2. The average molecular weight is 419 g/mol. The molecule has 0 aromatic heterocycles. The van der Waals surface area contributed by atoms with E-state index in [1.165, 1.54) is 4.90 Å². The molecule has 156 valence electrons. The number of hydrogen-bond donors (Lipinski definition) is 1. The van der Waals surface area contributed by atoms with Crippen molar-refractivity contribution in [1.29, 1.82) is 0 Å². The van der Waals surface area contributed by atoms with Crippen LogP contribution in [0.4, 0.5) is 0 Å². The number of hydrogen-bond acceptors (Lipinski definition) is 4. The SMILES string of the molecule is CCCNC(=O)[C@H](C)N(Cc1ccc(OC)cc1)C(=O)COc1ccccc1Cl. The Bertz CT molecular complexity index is 811. The summed E-state index contributed by atoms with van der Waals surface area (Å²) in [7, 11) is 1.59. The molecule has 6 nitrogen and oxygen atoms in total. The number of para-hydroxylation sites is 1. The summed E-state index contributed by atoms with van der Waals surface area (Å²) >= 11 is 6.09. The van der Waals surface area contributed by atoms with Crippen molar-refractivity contribution in [1.82, 2.24) is 10.2 Å². The Labute approximate surface area is 176 Å². The number of carbonyl (C=O) groups excluding carboxylic acids is 2. The molecule has 0 spiro atoms. The van der Waals surface area contributed by atoms with E-state index in [0.29, 0.717) is 17.3 Å². The van der Waals surface area contributed by atoms with Crippen LogP contribution in [0.25, 0.3) is 0 Å². The van der Waals surface area contributed by atoms with Crippen molar-refractivity contribution in [2.75, 3.05) is 20.3 Å². The monoisotopic (exact) mass is 418 g/mol. The van der Waals surface area contributed by atoms with Gasteiger partial charge in [-0.1, -0.05) is 42.8 Å². The molecule has 2 rings (SSSR count). The third kappa shape index (κ3) is 6.68. The number of amides is 2. The summed E-state index contributed by atoms with van der Waals surface area (Å²) in [5.74, 6) is 0.642. The molecular formula is C22H27ClN2O4. The van der Waals surface area contributed by atoms with Gasteiger partial charge in [0.15, 0.2) is 6.61 Å². The number of rotatable bonds is 10. The number of halogens is 1. The lowest BCUT2D eigenvalue weighted by Crippen LogP contribution is -2.49. The molecule has 0 fully saturated rings. The van der Waals surface area contributed by atoms with E-state index in [9.17, 15) is 9.59 Å². The van der Waals surface area contributed by atoms with Crippen LogP contribution in [0.5, 0.6) is 11.5 Å². The van der Waals surface area contributed by atoms with Gasteiger partial charge in [0, 0.05) is 13.1 Å². The third-order valence-corrected chi connectivity index (χ3v) is 4.73. The second-order valence-corrected chi connectivity index (χ2v) is 6.96. The molecule has 0 radical (unpaired) electrons. The summed E-state index contributed by atoms with van der Waals surface area (Å²) in [5.41, 5.74) is 0.882. The van der Waals surface area contributed by atoms with Crippen LogP contribution >= 0.6 is 11.6 Å². The second kappa shape index (κ2) is 11.3. The molecule has 7 heteroatoms. The van der Waals surface area contributed by atoms with E-state index in [1.54, 1.807) is 38.3 Å². The van der Waals surface area contributed by atoms with E-state index < -0.39 is 6.04 Å². The van der Waals surface area contributed by atoms with Gasteiger partial charge in [-0.25, -0.2) is 0 Å². The molecule has 1 N–H and O–H groups in total. The molecule has 29 heavy (non-hydrogen) atoms. The predicted octanol–water partition coefficient (Wildman–Crippen LogP) is 3.67. The summed E-state index contributed by atoms with van der Waals surface area (Å²) in [6.45, 7) is 4.30. The maximum Gasteiger partial charge on any atom is 0.261 e. The summed E-state index contributed by atoms with van der Waals surface area (Å²) < 4.78 is 10.8. The number of methoxy groups -OCH3 is 1. The smallest absolute Gasteiger partial charge is 0.261 e. The van der Waals surface area contributed by atoms with Crippen LogP contribution in [0.2, 0.25) is 5.02 Å². The van der Waals surface area contributed by atoms with Gasteiger partial charge in [0.2, 0.25) is 5.91 Å². The highest BCUT2D eigenvalue weighted by atomic mass is 35.5. The molecule has 2 aromatic carbocycles. The highest BCUT2D eigenvalue weighted by Crippen LogP contribution is 2.23. The van der Waals surface area contributed by atoms with Gasteiger partial charge in [0.05, 0.1) is 12.1 Å². The fourth-order valence-corrected chi connectivity index (χ4v) is 2.88. The van der Waals surface area contributed by atoms with E-state index in [1.807, 2.05) is 31.2 Å². The normalized spacial score (nSPS) is 11.4. The molecule has 0 aliphatic rings. The van der Waals surface area contributed by atoms with Crippen LogP contribution in [-0.4, -0.2) is 43.0 Å². The lowest BCUT2D eigenvalue weighted by molar-refractivity contribution is -0.142. The minimum Gasteiger partial charge on any atom is -0.497 e. The van der Waals surface area contributed by atoms with Crippen molar-refractivity contribution < 1.29 is 19.1 Å². The Morgan fingerprint density at radius 1 is 1.14 bits per heavy atom. The third-order valence-electron chi connectivity index (χ3n) is 4.42. The summed E-state index contributed by atoms with van der Waals surface area (Å²) in [4.78, 5) is 26.9. The summed E-state index contributed by atoms with van der Waals surface area (Å²) in [5, 5.41) is 3.27. The molecule has 0 saturated heterocycles. The molecule has 0 aliphatic heterocycles. The number of benzene rings is 2. The summed E-state index contributed by atoms with van der Waals surface area (Å²) in [6, 6.07) is 13.7. The zero-order valence-corrected chi connectivity index (χ0v) is 17.7. The van der Waals surface area contributed by atoms with Crippen LogP contribution in [0.3, 0.4) is 0 Å². The minimum atomic E-state index is -0.647. The lowest BCUT2D eigenvalue weighted by Gasteiger charge is -2.28. The Kier molecular flexibility index (Phi) is 8.80. The van der Waals surface area contributed by atoms with Gasteiger partial charge in [0.25, 0.3) is 5.91 Å². The van der Waals surface area contributed by atoms with Gasteiger partial charge in [0.1, 0.15) is 17.5 Å². The molecule has 0 unspecified atom stereocenters. The fraction of sp³-hybridized carbons (Fsp3) is 0.364. The fourth-order valence-electron chi connectivity index (χ4n) is 2.69. The van der Waals surface area contributed by atoms with E-state index in [-0.39, 0.29) is 25.0 Å². The van der Waals surface area contributed by atoms with E-state index in [2.05, 4.69) is 5.32 Å². The second-order valence-electron chi connectivity index (χ2n) is 6.56. The van der Waals surface area contributed by atoms with E-state index >= 15 is 0 Å². The van der Waals surface area contributed by atoms with Crippen molar-refractivity contribution >= 4 is 23.4 Å². The summed E-state index contributed by atoms with van der Waals surface area (Å²) in [6.07, 6.45) is 0.820. The molecule has 0 saturated carbocycles. The molecule has 2 aromatic rings. The van der Waals surface area contributed by atoms with E-state index in [4.69, 9.17) is 21.1 Å². The van der Waals surface area contributed by atoms with Gasteiger partial charge >= 0.3 is 0 Å². The molecule has 0 bridgehead atoms. The Morgan fingerprint density at radius 3 is 2.45 bits per heavy atom. The maximum atomic E-state index is 12.9. The number of nitrogens with one attached hydrogen (secondary N) is 1. The standard InChI is InChI=1S/C22H27ClN2O4/c1-4-13-24-22(27)16(2)25(14-17-9-11-18(28-3)12-10-17)21(26)15-29-20-8-6-5-7-19(20)23/h5-12,16H,4,13-15H2,1-3H3,(H,24,27)/t16-/m0/s1.